The number of fused-ring (bicyclic) bond motifs is 12. The largest absolute Gasteiger partial charge is 0.506 e. The summed E-state index contributed by atoms with van der Waals surface area (Å²) >= 11 is 0. The Morgan fingerprint density at radius 1 is 0.465 bits per heavy atom. The quantitative estimate of drug-likeness (QED) is 0.0169. The zero-order valence-electron chi connectivity index (χ0n) is 58.0. The highest BCUT2D eigenvalue weighted by Gasteiger charge is 2.33. The number of ether oxygens (including phenoxy) is 4. The third kappa shape index (κ3) is 15.0. The van der Waals surface area contributed by atoms with Crippen molar-refractivity contribution in [1.82, 2.24) is 42.2 Å². The van der Waals surface area contributed by atoms with E-state index in [2.05, 4.69) is 56.5 Å². The Hall–Kier alpha value is -11.6. The van der Waals surface area contributed by atoms with Gasteiger partial charge in [0.1, 0.15) is 93.8 Å². The monoisotopic (exact) mass is 1350 g/mol. The molecule has 12 aromatic rings. The lowest BCUT2D eigenvalue weighted by atomic mass is 9.84. The number of amides is 3. The van der Waals surface area contributed by atoms with Gasteiger partial charge in [-0.15, -0.1) is 42.2 Å². The fourth-order valence-corrected chi connectivity index (χ4v) is 11.0. The number of aromatic hydroxyl groups is 3. The van der Waals surface area contributed by atoms with Crippen LogP contribution < -0.4 is 16.0 Å². The van der Waals surface area contributed by atoms with Crippen LogP contribution in [0, 0.1) is 12.3 Å². The topological polar surface area (TPSA) is 294 Å². The number of carbonyl (C=O) groups is 7. The summed E-state index contributed by atoms with van der Waals surface area (Å²) < 4.78 is 31.6. The fourth-order valence-electron chi connectivity index (χ4n) is 11.0. The van der Waals surface area contributed by atoms with Crippen molar-refractivity contribution < 1.29 is 67.8 Å². The number of carbonyl (C=O) groups excluding carboxylic acids is 7. The number of aromatic nitrogens is 9. The first-order valence-electron chi connectivity index (χ1n) is 32.2. The third-order valence-corrected chi connectivity index (χ3v) is 16.2. The minimum atomic E-state index is -0.522. The molecule has 26 heteroatoms. The second-order valence-corrected chi connectivity index (χ2v) is 27.6. The van der Waals surface area contributed by atoms with Crippen molar-refractivity contribution in [3.63, 3.8) is 0 Å². The normalized spacial score (nSPS) is 11.9. The van der Waals surface area contributed by atoms with Crippen LogP contribution in [0.15, 0.2) is 134 Å². The molecule has 99 heavy (non-hydrogen) atoms. The second kappa shape index (κ2) is 27.1. The van der Waals surface area contributed by atoms with Gasteiger partial charge in [-0.2, -0.15) is 0 Å². The van der Waals surface area contributed by atoms with Gasteiger partial charge in [0, 0.05) is 64.5 Å². The molecule has 0 saturated carbocycles. The summed E-state index contributed by atoms with van der Waals surface area (Å²) in [5.41, 5.74) is 13.8. The average molecular weight is 1350 g/mol. The van der Waals surface area contributed by atoms with Gasteiger partial charge in [-0.1, -0.05) is 100 Å². The van der Waals surface area contributed by atoms with Gasteiger partial charge in [0.25, 0.3) is 0 Å². The molecule has 520 valence electrons. The Labute approximate surface area is 569 Å². The van der Waals surface area contributed by atoms with E-state index in [9.17, 15) is 48.9 Å². The average Bonchev–Trinajstić information content (AvgIpc) is 1.53. The number of esters is 4. The summed E-state index contributed by atoms with van der Waals surface area (Å²) in [7, 11) is 0. The molecule has 0 fully saturated rings. The molecule has 6 aromatic carbocycles. The van der Waals surface area contributed by atoms with Crippen molar-refractivity contribution in [3.05, 3.63) is 162 Å². The van der Waals surface area contributed by atoms with Gasteiger partial charge < -0.3 is 50.2 Å². The number of anilines is 3. The second-order valence-electron chi connectivity index (χ2n) is 27.6. The standard InChI is InChI=1S/C27H32N4O6.C26H30N4O6.C20H22N4O2/c1-16(2)26(35)37-12-11-36-24(33)10-7-18-13-20(27(4,5)6)25(34)23(14-18)31-29-21-9-8-19(28-17(3)32)15-22(21)30(29)31;1-16(2)24(33)36-13-12-35-23(32)11-7-17-6-10-22(31)21(14-17)30-28-19-9-8-18(15-20(19)29(28)30)27-25(34)26(3,4)5;1-6-18(25)21-13-7-8-15-16(11-13)23-22(15)24(23)17-10-12(2)9-14(19(17)26)20(3,4)5/h8-9,13-15,34H,1,7,10-12H2,2-6H3,(H,28,32);6,8-10,14-15,31H,1,7,11-13H2,2-5H3,(H,27,34);6-11,26H,1H2,2-5H3,(H,21,25). The lowest BCUT2D eigenvalue weighted by Gasteiger charge is -2.22. The summed E-state index contributed by atoms with van der Waals surface area (Å²) in [6, 6.07) is 29.9. The van der Waals surface area contributed by atoms with Crippen molar-refractivity contribution in [2.45, 2.75) is 127 Å². The maximum absolute atomic E-state index is 12.3. The molecule has 6 heterocycles. The minimum Gasteiger partial charge on any atom is -0.506 e. The number of hydrogen-bond acceptors (Lipinski definition) is 14. The van der Waals surface area contributed by atoms with E-state index in [1.807, 2.05) is 176 Å². The van der Waals surface area contributed by atoms with Crippen LogP contribution >= 0.6 is 0 Å². The molecule has 12 rings (SSSR count). The lowest BCUT2D eigenvalue weighted by molar-refractivity contribution is -0.150. The van der Waals surface area contributed by atoms with Crippen LogP contribution in [0.25, 0.3) is 50.2 Å². The molecule has 0 aliphatic carbocycles. The highest BCUT2D eigenvalue weighted by Crippen LogP contribution is 2.42. The number of nitrogens with zero attached hydrogens (tertiary/aromatic N) is 9. The van der Waals surface area contributed by atoms with Gasteiger partial charge in [0.05, 0.1) is 0 Å². The van der Waals surface area contributed by atoms with Crippen LogP contribution in [-0.2, 0) is 76.2 Å². The summed E-state index contributed by atoms with van der Waals surface area (Å²) in [6.45, 7) is 34.8. The van der Waals surface area contributed by atoms with Crippen LogP contribution in [0.1, 0.15) is 124 Å². The molecule has 6 aromatic heterocycles. The Bertz CT molecular complexity index is 5090. The van der Waals surface area contributed by atoms with Gasteiger partial charge in [-0.3, -0.25) is 24.0 Å². The smallest absolute Gasteiger partial charge is 0.333 e. The Morgan fingerprint density at radius 3 is 1.29 bits per heavy atom. The first kappa shape index (κ1) is 70.2. The summed E-state index contributed by atoms with van der Waals surface area (Å²) in [4.78, 5) is 87.8. The van der Waals surface area contributed by atoms with Crippen molar-refractivity contribution >= 4 is 91.8 Å². The molecule has 0 atom stereocenters. The minimum absolute atomic E-state index is 0.0210. The van der Waals surface area contributed by atoms with Crippen LogP contribution in [-0.4, -0.2) is 126 Å². The highest BCUT2D eigenvalue weighted by molar-refractivity contribution is 6.00. The predicted molar refractivity (Wildman–Crippen MR) is 375 cm³/mol. The third-order valence-electron chi connectivity index (χ3n) is 16.2. The summed E-state index contributed by atoms with van der Waals surface area (Å²) in [5, 5.41) is 41.0. The number of rotatable bonds is 21. The molecule has 3 amide bonds. The van der Waals surface area contributed by atoms with E-state index in [-0.39, 0.29) is 90.5 Å². The van der Waals surface area contributed by atoms with Crippen LogP contribution in [0.4, 0.5) is 17.1 Å². The number of nitrogens with one attached hydrogen (secondary N) is 3. The molecule has 6 N–H and O–H groups in total. The molecule has 0 radical (unpaired) electrons. The first-order valence-corrected chi connectivity index (χ1v) is 32.2. The molecule has 0 bridgehead atoms. The van der Waals surface area contributed by atoms with Gasteiger partial charge in [0.15, 0.2) is 0 Å². The van der Waals surface area contributed by atoms with E-state index in [1.54, 1.807) is 26.0 Å². The van der Waals surface area contributed by atoms with Gasteiger partial charge in [-0.05, 0) is 146 Å². The number of phenols is 3. The SMILES string of the molecule is C=C(C)C(=O)OCCOC(=O)CCc1cc(-n2n3c4ccc(NC(C)=O)cc4n23)c(O)c(C(C)(C)C)c1.C=C(C)C(=O)OCCOC(=O)CCc1ccc(O)c(-n2n3c4ccc(NC(=O)C(C)(C)C)cc4n23)c1.C=CC(=O)Nc1ccc2c(c1)n1n(-c3cc(C)cc(C(C)(C)C)c3O)n21. The molecular formula is C73H84N12O14. The van der Waals surface area contributed by atoms with Crippen molar-refractivity contribution in [2.75, 3.05) is 42.4 Å². The van der Waals surface area contributed by atoms with Gasteiger partial charge >= 0.3 is 23.9 Å². The zero-order valence-corrected chi connectivity index (χ0v) is 58.0. The number of hydrogen-bond donors (Lipinski definition) is 6. The predicted octanol–water partition coefficient (Wildman–Crippen LogP) is 11.5. The molecule has 0 saturated heterocycles. The van der Waals surface area contributed by atoms with E-state index in [0.717, 1.165) is 66.6 Å². The van der Waals surface area contributed by atoms with Crippen LogP contribution in [0.5, 0.6) is 17.2 Å². The maximum Gasteiger partial charge on any atom is 0.333 e. The number of benzene rings is 6. The molecular weight excluding hydrogens is 1270 g/mol. The molecule has 0 unspecified atom stereocenters. The fraction of sp³-hybridized carbons (Fsp3) is 0.329. The molecule has 0 aliphatic rings. The molecule has 26 nitrogen and oxygen atoms in total. The van der Waals surface area contributed by atoms with Crippen molar-refractivity contribution in [2.24, 2.45) is 5.41 Å². The van der Waals surface area contributed by atoms with Gasteiger partial charge in [-0.25, -0.2) is 9.59 Å². The molecule has 0 aliphatic heterocycles. The Kier molecular flexibility index (Phi) is 19.3. The van der Waals surface area contributed by atoms with E-state index < -0.39 is 29.3 Å². The zero-order chi connectivity index (χ0) is 72.1. The van der Waals surface area contributed by atoms with Crippen molar-refractivity contribution in [3.8, 4) is 34.3 Å². The maximum atomic E-state index is 12.3. The Balaban J connectivity index is 0.000000163. The van der Waals surface area contributed by atoms with Crippen LogP contribution in [0.2, 0.25) is 0 Å². The van der Waals surface area contributed by atoms with Crippen molar-refractivity contribution in [1.29, 1.82) is 0 Å². The molecule has 0 spiro atoms. The number of phenolic OH excluding ortho intramolecular Hbond substituents is 3. The number of aryl methyl sites for hydroxylation is 3. The Morgan fingerprint density at radius 2 is 0.859 bits per heavy atom. The summed E-state index contributed by atoms with van der Waals surface area (Å²) in [5.74, 6) is -1.76. The summed E-state index contributed by atoms with van der Waals surface area (Å²) in [6.07, 6.45) is 2.35. The van der Waals surface area contributed by atoms with Crippen LogP contribution in [0.3, 0.4) is 0 Å². The van der Waals surface area contributed by atoms with E-state index in [4.69, 9.17) is 18.9 Å². The lowest BCUT2D eigenvalue weighted by Crippen LogP contribution is -2.27. The highest BCUT2D eigenvalue weighted by atomic mass is 16.6. The van der Waals surface area contributed by atoms with E-state index in [0.29, 0.717) is 47.0 Å². The van der Waals surface area contributed by atoms with E-state index >= 15 is 0 Å². The van der Waals surface area contributed by atoms with E-state index in [1.165, 1.54) is 13.0 Å². The van der Waals surface area contributed by atoms with Gasteiger partial charge in [0.2, 0.25) is 17.7 Å². The first-order chi connectivity index (χ1) is 46.6.